The molecule has 10 rings (SSSR count). The second kappa shape index (κ2) is 16.8. The van der Waals surface area contributed by atoms with Gasteiger partial charge in [-0.1, -0.05) is 0 Å². The van der Waals surface area contributed by atoms with E-state index >= 15 is 0 Å². The van der Waals surface area contributed by atoms with Crippen LogP contribution < -0.4 is 28.4 Å². The van der Waals surface area contributed by atoms with E-state index in [1.165, 1.54) is 0 Å². The summed E-state index contributed by atoms with van der Waals surface area (Å²) in [6.07, 6.45) is 13.1. The van der Waals surface area contributed by atoms with E-state index in [1.54, 1.807) is 0 Å². The first kappa shape index (κ1) is 41.9. The average molecular weight is 865 g/mol. The van der Waals surface area contributed by atoms with Gasteiger partial charge in [-0.25, -0.2) is 0 Å². The zero-order valence-corrected chi connectivity index (χ0v) is 36.9. The van der Waals surface area contributed by atoms with E-state index in [9.17, 15) is 14.4 Å². The minimum Gasteiger partial charge on any atom is -0.466 e. The van der Waals surface area contributed by atoms with Crippen LogP contribution in [0.2, 0.25) is 0 Å². The first-order valence-corrected chi connectivity index (χ1v) is 23.8. The van der Waals surface area contributed by atoms with Crippen LogP contribution in [0.4, 0.5) is 0 Å². The van der Waals surface area contributed by atoms with Crippen molar-refractivity contribution in [2.45, 2.75) is 154 Å². The fourth-order valence-electron chi connectivity index (χ4n) is 11.4. The van der Waals surface area contributed by atoms with Crippen molar-refractivity contribution in [3.05, 3.63) is 36.4 Å². The second-order valence-corrected chi connectivity index (χ2v) is 18.6. The highest BCUT2D eigenvalue weighted by molar-refractivity contribution is 6.27. The molecule has 0 N–H and O–H groups in total. The van der Waals surface area contributed by atoms with Crippen LogP contribution in [0.25, 0.3) is 32.3 Å². The van der Waals surface area contributed by atoms with Gasteiger partial charge in [-0.3, -0.25) is 14.4 Å². The second-order valence-electron chi connectivity index (χ2n) is 18.6. The maximum Gasteiger partial charge on any atom is 0.308 e. The molecule has 0 saturated heterocycles. The van der Waals surface area contributed by atoms with Crippen molar-refractivity contribution in [3.63, 3.8) is 0 Å². The smallest absolute Gasteiger partial charge is 0.308 e. The van der Waals surface area contributed by atoms with Crippen LogP contribution >= 0.6 is 0 Å². The molecule has 3 spiro atoms. The van der Waals surface area contributed by atoms with Crippen molar-refractivity contribution in [2.24, 2.45) is 17.8 Å². The van der Waals surface area contributed by atoms with E-state index in [4.69, 9.17) is 42.6 Å². The van der Waals surface area contributed by atoms with Gasteiger partial charge in [-0.15, -0.1) is 0 Å². The Labute approximate surface area is 368 Å². The predicted octanol–water partition coefficient (Wildman–Crippen LogP) is 11.1. The third kappa shape index (κ3) is 7.83. The molecule has 3 saturated carbocycles. The minimum absolute atomic E-state index is 0.0987. The van der Waals surface area contributed by atoms with E-state index in [-0.39, 0.29) is 35.7 Å². The van der Waals surface area contributed by atoms with Gasteiger partial charge >= 0.3 is 17.9 Å². The summed E-state index contributed by atoms with van der Waals surface area (Å²) in [5, 5.41) is 5.98. The number of rotatable bonds is 6. The quantitative estimate of drug-likeness (QED) is 0.104. The number of ether oxygens (including phenoxy) is 9. The van der Waals surface area contributed by atoms with Crippen LogP contribution in [0.5, 0.6) is 34.5 Å². The topological polar surface area (TPSA) is 134 Å². The zero-order valence-electron chi connectivity index (χ0n) is 36.9. The molecule has 3 fully saturated rings. The number of benzene rings is 4. The van der Waals surface area contributed by atoms with Gasteiger partial charge in [0.05, 0.1) is 37.6 Å². The largest absolute Gasteiger partial charge is 0.466 e. The Morgan fingerprint density at radius 3 is 0.762 bits per heavy atom. The van der Waals surface area contributed by atoms with Gasteiger partial charge in [0, 0.05) is 38.5 Å². The number of hydrogen-bond acceptors (Lipinski definition) is 12. The van der Waals surface area contributed by atoms with Gasteiger partial charge < -0.3 is 42.6 Å². The fourth-order valence-corrected chi connectivity index (χ4v) is 11.4. The number of carbonyl (C=O) groups excluding carboxylic acids is 3. The normalized spacial score (nSPS) is 28.9. The lowest BCUT2D eigenvalue weighted by molar-refractivity contribution is -0.151. The molecule has 3 heterocycles. The summed E-state index contributed by atoms with van der Waals surface area (Å²) < 4.78 is 57.2. The zero-order chi connectivity index (χ0) is 43.3. The monoisotopic (exact) mass is 864 g/mol. The molecule has 3 aliphatic carbocycles. The maximum atomic E-state index is 12.6. The molecule has 0 unspecified atom stereocenters. The lowest BCUT2D eigenvalue weighted by Crippen LogP contribution is -2.40. The maximum absolute atomic E-state index is 12.6. The van der Waals surface area contributed by atoms with Crippen LogP contribution in [-0.4, -0.2) is 55.1 Å². The molecule has 3 aliphatic heterocycles. The van der Waals surface area contributed by atoms with E-state index in [1.807, 2.05) is 20.8 Å². The summed E-state index contributed by atoms with van der Waals surface area (Å²) in [5.41, 5.74) is 0. The van der Waals surface area contributed by atoms with Gasteiger partial charge in [-0.2, -0.15) is 0 Å². The number of esters is 3. The summed E-state index contributed by atoms with van der Waals surface area (Å²) in [6.45, 7) is 6.73. The minimum atomic E-state index is -0.810. The van der Waals surface area contributed by atoms with Crippen molar-refractivity contribution >= 4 is 50.2 Å². The highest BCUT2D eigenvalue weighted by atomic mass is 16.7. The summed E-state index contributed by atoms with van der Waals surface area (Å²) in [7, 11) is 0. The molecule has 63 heavy (non-hydrogen) atoms. The van der Waals surface area contributed by atoms with Crippen LogP contribution in [0, 0.1) is 17.8 Å². The van der Waals surface area contributed by atoms with Crippen molar-refractivity contribution in [1.82, 2.24) is 0 Å². The highest BCUT2D eigenvalue weighted by Gasteiger charge is 2.46. The van der Waals surface area contributed by atoms with E-state index in [0.29, 0.717) is 92.8 Å². The van der Waals surface area contributed by atoms with E-state index in [0.717, 1.165) is 109 Å². The van der Waals surface area contributed by atoms with Gasteiger partial charge in [-0.05, 0) is 167 Å². The molecule has 0 radical (unpaired) electrons. The molecule has 4 aromatic carbocycles. The lowest BCUT2D eigenvalue weighted by Gasteiger charge is -2.31. The summed E-state index contributed by atoms with van der Waals surface area (Å²) >= 11 is 0. The number of hydrogen-bond donors (Lipinski definition) is 0. The SMILES string of the molecule is CCOC(=O)C1CCCC2(CCC1)Oc1cc3c4cc5c(cc4c4cc6c(cc4c3cc1O2)OC1(CCCC(C(=O)OCC)CCC1)O6)OC1(CCCC(C(=O)OCC)CCC1)O5. The summed E-state index contributed by atoms with van der Waals surface area (Å²) in [6, 6.07) is 12.7. The molecular weight excluding hydrogens is 805 g/mol. The Kier molecular flexibility index (Phi) is 11.1. The standard InChI is InChI=1S/C51H60O12/c1-4-55-46(52)31-13-7-19-49(20-8-14-31)58-40-25-34-35(26-41(40)59-49)37-28-43-45(63-51(61-43)23-11-17-33(18-12-24-51)48(54)57-6-3)30-39(37)38-29-44-42(27-36(34)38)60-50(62-44)21-9-15-32(16-10-22-50)47(53)56-5-2/h25-33H,4-24H2,1-3H3. The lowest BCUT2D eigenvalue weighted by atomic mass is 9.88. The van der Waals surface area contributed by atoms with Gasteiger partial charge in [0.15, 0.2) is 34.5 Å². The Morgan fingerprint density at radius 1 is 0.397 bits per heavy atom. The Hall–Kier alpha value is -5.13. The van der Waals surface area contributed by atoms with Gasteiger partial charge in [0.1, 0.15) is 0 Å². The Balaban J connectivity index is 1.01. The first-order chi connectivity index (χ1) is 30.6. The van der Waals surface area contributed by atoms with Crippen LogP contribution in [-0.2, 0) is 28.6 Å². The molecule has 0 atom stereocenters. The highest BCUT2D eigenvalue weighted by Crippen LogP contribution is 2.55. The third-order valence-electron chi connectivity index (χ3n) is 14.4. The average Bonchev–Trinajstić information content (AvgIpc) is 3.91. The van der Waals surface area contributed by atoms with Crippen LogP contribution in [0.3, 0.4) is 0 Å². The van der Waals surface area contributed by atoms with Gasteiger partial charge in [0.25, 0.3) is 17.4 Å². The third-order valence-corrected chi connectivity index (χ3v) is 14.4. The predicted molar refractivity (Wildman–Crippen MR) is 234 cm³/mol. The van der Waals surface area contributed by atoms with E-state index < -0.39 is 17.4 Å². The fraction of sp³-hybridized carbons (Fsp3) is 0.588. The van der Waals surface area contributed by atoms with Crippen molar-refractivity contribution in [3.8, 4) is 34.5 Å². The molecule has 6 aliphatic rings. The van der Waals surface area contributed by atoms with Gasteiger partial charge in [0.2, 0.25) is 0 Å². The number of fused-ring (bicyclic) bond motifs is 9. The van der Waals surface area contributed by atoms with Crippen molar-refractivity contribution < 1.29 is 57.0 Å². The molecule has 4 aromatic rings. The van der Waals surface area contributed by atoms with Crippen LogP contribution in [0.15, 0.2) is 36.4 Å². The molecule has 0 aromatic heterocycles. The van der Waals surface area contributed by atoms with E-state index in [2.05, 4.69) is 36.4 Å². The summed E-state index contributed by atoms with van der Waals surface area (Å²) in [5.74, 6) is 1.15. The first-order valence-electron chi connectivity index (χ1n) is 23.8. The molecule has 336 valence electrons. The molecule has 12 nitrogen and oxygen atoms in total. The molecule has 0 bridgehead atoms. The molecule has 0 amide bonds. The van der Waals surface area contributed by atoms with Crippen molar-refractivity contribution in [1.29, 1.82) is 0 Å². The Morgan fingerprint density at radius 2 is 0.587 bits per heavy atom. The number of carbonyl (C=O) groups is 3. The summed E-state index contributed by atoms with van der Waals surface area (Å²) in [4.78, 5) is 37.9. The van der Waals surface area contributed by atoms with Crippen LogP contribution in [0.1, 0.15) is 136 Å². The molecule has 12 heteroatoms. The Bertz CT molecular complexity index is 2000. The van der Waals surface area contributed by atoms with Crippen molar-refractivity contribution in [2.75, 3.05) is 19.8 Å². The molecular formula is C51H60O12.